The normalized spacial score (nSPS) is 11.3. The summed E-state index contributed by atoms with van der Waals surface area (Å²) < 4.78 is 0. The summed E-state index contributed by atoms with van der Waals surface area (Å²) in [6, 6.07) is 10.8. The number of rotatable bonds is 5. The zero-order valence-electron chi connectivity index (χ0n) is 12.1. The van der Waals surface area contributed by atoms with Crippen molar-refractivity contribution in [2.75, 3.05) is 0 Å². The summed E-state index contributed by atoms with van der Waals surface area (Å²) in [5, 5.41) is 4.12. The molecule has 0 aliphatic rings. The number of nitrogens with one attached hydrogen (secondary N) is 3. The Hall–Kier alpha value is -2.87. The van der Waals surface area contributed by atoms with Gasteiger partial charge in [0.25, 0.3) is 11.8 Å². The Labute approximate surface area is 136 Å². The number of thiophene rings is 1. The van der Waals surface area contributed by atoms with Gasteiger partial charge in [-0.3, -0.25) is 20.4 Å². The third-order valence-corrected chi connectivity index (χ3v) is 3.83. The van der Waals surface area contributed by atoms with Gasteiger partial charge in [0.15, 0.2) is 0 Å². The minimum Gasteiger partial charge on any atom is -0.352 e. The fraction of sp³-hybridized carbons (Fsp3) is 0.133. The molecule has 0 aliphatic heterocycles. The monoisotopic (exact) mass is 332 g/mol. The van der Waals surface area contributed by atoms with Crippen LogP contribution in [0.2, 0.25) is 0 Å². The van der Waals surface area contributed by atoms with Gasteiger partial charge in [0.2, 0.25) is 0 Å². The molecule has 1 aromatic heterocycles. The Morgan fingerprint density at radius 3 is 2.39 bits per heavy atom. The van der Waals surface area contributed by atoms with Crippen molar-refractivity contribution < 1.29 is 14.4 Å². The minimum atomic E-state index is -0.890. The lowest BCUT2D eigenvalue weighted by Gasteiger charge is -2.17. The van der Waals surface area contributed by atoms with Crippen LogP contribution in [0, 0.1) is 0 Å². The van der Waals surface area contributed by atoms with Crippen LogP contribution in [-0.2, 0) is 11.2 Å². The number of hydrazine groups is 1. The molecule has 2 rings (SSSR count). The molecule has 0 bridgehead atoms. The quantitative estimate of drug-likeness (QED) is 0.607. The number of amides is 4. The molecule has 5 N–H and O–H groups in total. The summed E-state index contributed by atoms with van der Waals surface area (Å²) in [4.78, 5) is 35.5. The highest BCUT2D eigenvalue weighted by atomic mass is 32.1. The maximum atomic E-state index is 12.2. The number of hydrogen-bond donors (Lipinski definition) is 4. The maximum Gasteiger partial charge on any atom is 0.312 e. The van der Waals surface area contributed by atoms with Crippen LogP contribution < -0.4 is 21.9 Å². The van der Waals surface area contributed by atoms with E-state index in [4.69, 9.17) is 5.73 Å². The Morgan fingerprint density at radius 2 is 1.78 bits per heavy atom. The fourth-order valence-corrected chi connectivity index (χ4v) is 2.52. The average molecular weight is 332 g/mol. The summed E-state index contributed by atoms with van der Waals surface area (Å²) in [5.74, 6) is -0.983. The molecular weight excluding hydrogens is 316 g/mol. The summed E-state index contributed by atoms with van der Waals surface area (Å²) >= 11 is 1.25. The van der Waals surface area contributed by atoms with Gasteiger partial charge in [-0.1, -0.05) is 36.4 Å². The van der Waals surface area contributed by atoms with E-state index >= 15 is 0 Å². The molecule has 0 saturated carbocycles. The van der Waals surface area contributed by atoms with Gasteiger partial charge in [-0.15, -0.1) is 11.3 Å². The Kier molecular flexibility index (Phi) is 5.70. The molecule has 4 amide bonds. The second kappa shape index (κ2) is 7.95. The standard InChI is InChI=1S/C15H16N4O3S/c16-15(22)17-11(9-10-5-2-1-3-6-10)13(20)18-19-14(21)12-7-4-8-23-12/h1-8,11H,9H2,(H,18,20)(H,19,21)(H3,16,17,22). The van der Waals surface area contributed by atoms with E-state index in [-0.39, 0.29) is 6.42 Å². The SMILES string of the molecule is NC(=O)NC(Cc1ccccc1)C(=O)NNC(=O)c1cccs1. The minimum absolute atomic E-state index is 0.254. The number of urea groups is 1. The first kappa shape index (κ1) is 16.5. The van der Waals surface area contributed by atoms with Gasteiger partial charge in [0.1, 0.15) is 6.04 Å². The molecule has 1 atom stereocenters. The Bertz CT molecular complexity index is 673. The molecule has 0 saturated heterocycles. The molecular formula is C15H16N4O3S. The average Bonchev–Trinajstić information content (AvgIpc) is 3.06. The zero-order chi connectivity index (χ0) is 16.7. The third-order valence-electron chi connectivity index (χ3n) is 2.96. The molecule has 1 unspecified atom stereocenters. The van der Waals surface area contributed by atoms with Crippen LogP contribution in [0.15, 0.2) is 47.8 Å². The lowest BCUT2D eigenvalue weighted by Crippen LogP contribution is -2.54. The van der Waals surface area contributed by atoms with Crippen molar-refractivity contribution in [2.45, 2.75) is 12.5 Å². The predicted molar refractivity (Wildman–Crippen MR) is 86.6 cm³/mol. The summed E-state index contributed by atoms with van der Waals surface area (Å²) in [6.07, 6.45) is 0.254. The molecule has 23 heavy (non-hydrogen) atoms. The highest BCUT2D eigenvalue weighted by Crippen LogP contribution is 2.07. The number of benzene rings is 1. The van der Waals surface area contributed by atoms with Crippen LogP contribution in [0.25, 0.3) is 0 Å². The predicted octanol–water partition coefficient (Wildman–Crippen LogP) is 0.789. The van der Waals surface area contributed by atoms with Gasteiger partial charge in [-0.2, -0.15) is 0 Å². The number of primary amides is 1. The number of hydrogen-bond acceptors (Lipinski definition) is 4. The molecule has 7 nitrogen and oxygen atoms in total. The van der Waals surface area contributed by atoms with Crippen LogP contribution in [0.4, 0.5) is 4.79 Å². The molecule has 0 aliphatic carbocycles. The molecule has 1 aromatic carbocycles. The van der Waals surface area contributed by atoms with E-state index in [1.165, 1.54) is 11.3 Å². The van der Waals surface area contributed by atoms with Crippen molar-refractivity contribution in [1.82, 2.24) is 16.2 Å². The lowest BCUT2D eigenvalue weighted by molar-refractivity contribution is -0.123. The number of carbonyl (C=O) groups excluding carboxylic acids is 3. The molecule has 8 heteroatoms. The number of nitrogens with two attached hydrogens (primary N) is 1. The van der Waals surface area contributed by atoms with Crippen molar-refractivity contribution in [3.05, 3.63) is 58.3 Å². The summed E-state index contributed by atoms with van der Waals surface area (Å²) in [7, 11) is 0. The zero-order valence-corrected chi connectivity index (χ0v) is 12.9. The first-order chi connectivity index (χ1) is 11.1. The second-order valence-electron chi connectivity index (χ2n) is 4.67. The van der Waals surface area contributed by atoms with Crippen LogP contribution in [0.3, 0.4) is 0 Å². The third kappa shape index (κ3) is 5.11. The van der Waals surface area contributed by atoms with Crippen LogP contribution in [-0.4, -0.2) is 23.9 Å². The summed E-state index contributed by atoms with van der Waals surface area (Å²) in [5.41, 5.74) is 10.6. The van der Waals surface area contributed by atoms with Gasteiger partial charge in [-0.05, 0) is 17.0 Å². The fourth-order valence-electron chi connectivity index (χ4n) is 1.91. The van der Waals surface area contributed by atoms with Crippen LogP contribution >= 0.6 is 11.3 Å². The molecule has 1 heterocycles. The topological polar surface area (TPSA) is 113 Å². The van der Waals surface area contributed by atoms with Crippen molar-refractivity contribution in [3.63, 3.8) is 0 Å². The van der Waals surface area contributed by atoms with Crippen LogP contribution in [0.5, 0.6) is 0 Å². The molecule has 2 aromatic rings. The Morgan fingerprint density at radius 1 is 1.04 bits per heavy atom. The van der Waals surface area contributed by atoms with E-state index in [1.807, 2.05) is 30.3 Å². The largest absolute Gasteiger partial charge is 0.352 e. The van der Waals surface area contributed by atoms with Gasteiger partial charge in [0, 0.05) is 6.42 Å². The highest BCUT2D eigenvalue weighted by molar-refractivity contribution is 7.12. The summed E-state index contributed by atoms with van der Waals surface area (Å²) in [6.45, 7) is 0. The molecule has 0 fully saturated rings. The van der Waals surface area contributed by atoms with E-state index < -0.39 is 23.9 Å². The van der Waals surface area contributed by atoms with Gasteiger partial charge < -0.3 is 11.1 Å². The first-order valence-corrected chi connectivity index (χ1v) is 7.68. The Balaban J connectivity index is 1.96. The van der Waals surface area contributed by atoms with Crippen molar-refractivity contribution in [3.8, 4) is 0 Å². The van der Waals surface area contributed by atoms with Gasteiger partial charge >= 0.3 is 6.03 Å². The number of carbonyl (C=O) groups is 3. The van der Waals surface area contributed by atoms with Crippen molar-refractivity contribution >= 4 is 29.2 Å². The molecule has 120 valence electrons. The van der Waals surface area contributed by atoms with Crippen molar-refractivity contribution in [2.24, 2.45) is 5.73 Å². The van der Waals surface area contributed by atoms with E-state index in [0.29, 0.717) is 4.88 Å². The molecule has 0 spiro atoms. The van der Waals surface area contributed by atoms with E-state index in [1.54, 1.807) is 17.5 Å². The smallest absolute Gasteiger partial charge is 0.312 e. The van der Waals surface area contributed by atoms with Gasteiger partial charge in [-0.25, -0.2) is 4.79 Å². The van der Waals surface area contributed by atoms with E-state index in [2.05, 4.69) is 16.2 Å². The highest BCUT2D eigenvalue weighted by Gasteiger charge is 2.21. The van der Waals surface area contributed by atoms with E-state index in [0.717, 1.165) is 5.56 Å². The molecule has 0 radical (unpaired) electrons. The van der Waals surface area contributed by atoms with E-state index in [9.17, 15) is 14.4 Å². The van der Waals surface area contributed by atoms with Gasteiger partial charge in [0.05, 0.1) is 4.88 Å². The second-order valence-corrected chi connectivity index (χ2v) is 5.62. The first-order valence-electron chi connectivity index (χ1n) is 6.80. The van der Waals surface area contributed by atoms with Crippen molar-refractivity contribution in [1.29, 1.82) is 0 Å². The lowest BCUT2D eigenvalue weighted by atomic mass is 10.1. The maximum absolute atomic E-state index is 12.2. The van der Waals surface area contributed by atoms with Crippen LogP contribution in [0.1, 0.15) is 15.2 Å².